The monoisotopic (exact) mass is 292 g/mol. The number of nitrogens with one attached hydrogen (secondary N) is 1. The number of aromatic carboxylic acids is 1. The Morgan fingerprint density at radius 1 is 1.38 bits per heavy atom. The van der Waals surface area contributed by atoms with Crippen LogP contribution in [0.5, 0.6) is 0 Å². The fraction of sp³-hybridized carbons (Fsp3) is 0.533. The molecule has 2 rings (SSSR count). The number of nitro benzene ring substituents is 1. The maximum Gasteiger partial charge on any atom is 0.342 e. The van der Waals surface area contributed by atoms with Gasteiger partial charge in [-0.3, -0.25) is 10.1 Å². The van der Waals surface area contributed by atoms with Gasteiger partial charge in [-0.15, -0.1) is 0 Å². The van der Waals surface area contributed by atoms with Crippen molar-refractivity contribution in [3.8, 4) is 0 Å². The Hall–Kier alpha value is -2.11. The van der Waals surface area contributed by atoms with Gasteiger partial charge in [0, 0.05) is 6.04 Å². The highest BCUT2D eigenvalue weighted by Crippen LogP contribution is 2.32. The number of nitrogens with zero attached hydrogens (tertiary/aromatic N) is 1. The number of hydrogen-bond donors (Lipinski definition) is 2. The van der Waals surface area contributed by atoms with Crippen molar-refractivity contribution < 1.29 is 14.8 Å². The normalized spacial score (nSPS) is 17.2. The van der Waals surface area contributed by atoms with Crippen molar-refractivity contribution in [1.29, 1.82) is 0 Å². The van der Waals surface area contributed by atoms with Crippen LogP contribution in [0, 0.1) is 16.0 Å². The fourth-order valence-electron chi connectivity index (χ4n) is 3.03. The van der Waals surface area contributed by atoms with Crippen LogP contribution in [0.25, 0.3) is 0 Å². The van der Waals surface area contributed by atoms with Gasteiger partial charge in [0.2, 0.25) is 0 Å². The predicted octanol–water partition coefficient (Wildman–Crippen LogP) is 3.67. The van der Waals surface area contributed by atoms with Crippen LogP contribution in [0.15, 0.2) is 18.2 Å². The van der Waals surface area contributed by atoms with E-state index in [1.807, 2.05) is 6.92 Å². The van der Waals surface area contributed by atoms with E-state index >= 15 is 0 Å². The molecule has 1 unspecified atom stereocenters. The number of anilines is 1. The van der Waals surface area contributed by atoms with Crippen LogP contribution in [0.2, 0.25) is 0 Å². The lowest BCUT2D eigenvalue weighted by Crippen LogP contribution is -2.28. The zero-order valence-corrected chi connectivity index (χ0v) is 12.0. The summed E-state index contributed by atoms with van der Waals surface area (Å²) in [6.07, 6.45) is 5.85. The minimum absolute atomic E-state index is 0.0908. The first-order valence-electron chi connectivity index (χ1n) is 7.28. The molecular weight excluding hydrogens is 272 g/mol. The molecule has 6 heteroatoms. The lowest BCUT2D eigenvalue weighted by molar-refractivity contribution is -0.384. The Morgan fingerprint density at radius 2 is 2.05 bits per heavy atom. The minimum atomic E-state index is -1.28. The van der Waals surface area contributed by atoms with Crippen molar-refractivity contribution >= 4 is 17.3 Å². The van der Waals surface area contributed by atoms with Gasteiger partial charge < -0.3 is 10.4 Å². The number of carboxylic acid groups (broad SMARTS) is 1. The quantitative estimate of drug-likeness (QED) is 0.638. The highest BCUT2D eigenvalue weighted by Gasteiger charge is 2.27. The number of carboxylic acids is 1. The number of benzene rings is 1. The molecule has 0 amide bonds. The summed E-state index contributed by atoms with van der Waals surface area (Å²) in [6, 6.07) is 4.46. The molecule has 1 aliphatic carbocycles. The molecule has 0 aliphatic heterocycles. The Morgan fingerprint density at radius 3 is 2.62 bits per heavy atom. The molecule has 0 saturated heterocycles. The van der Waals surface area contributed by atoms with E-state index in [9.17, 15) is 14.9 Å². The van der Waals surface area contributed by atoms with E-state index in [1.54, 1.807) is 6.07 Å². The number of para-hydroxylation sites is 1. The SMILES string of the molecule is CC(Nc1cccc(C(=O)O)c1[N+](=O)[O-])C1CCCCC1. The maximum absolute atomic E-state index is 11.2. The average Bonchev–Trinajstić information content (AvgIpc) is 2.47. The number of nitro groups is 1. The molecule has 0 spiro atoms. The Labute approximate surface area is 123 Å². The second-order valence-electron chi connectivity index (χ2n) is 5.60. The Balaban J connectivity index is 2.24. The molecule has 0 aromatic heterocycles. The van der Waals surface area contributed by atoms with Crippen LogP contribution >= 0.6 is 0 Å². The zero-order chi connectivity index (χ0) is 15.4. The maximum atomic E-state index is 11.2. The second-order valence-corrected chi connectivity index (χ2v) is 5.60. The van der Waals surface area contributed by atoms with Crippen molar-refractivity contribution in [2.75, 3.05) is 5.32 Å². The van der Waals surface area contributed by atoms with Crippen LogP contribution in [-0.4, -0.2) is 22.0 Å². The van der Waals surface area contributed by atoms with Crippen LogP contribution in [-0.2, 0) is 0 Å². The summed E-state index contributed by atoms with van der Waals surface area (Å²) in [7, 11) is 0. The average molecular weight is 292 g/mol. The third-order valence-electron chi connectivity index (χ3n) is 4.19. The zero-order valence-electron chi connectivity index (χ0n) is 12.0. The van der Waals surface area contributed by atoms with Crippen molar-refractivity contribution in [2.24, 2.45) is 5.92 Å². The molecule has 1 aliphatic rings. The van der Waals surface area contributed by atoms with Gasteiger partial charge in [-0.2, -0.15) is 0 Å². The third-order valence-corrected chi connectivity index (χ3v) is 4.19. The highest BCUT2D eigenvalue weighted by atomic mass is 16.6. The van der Waals surface area contributed by atoms with Gasteiger partial charge in [0.05, 0.1) is 4.92 Å². The molecule has 2 N–H and O–H groups in total. The smallest absolute Gasteiger partial charge is 0.342 e. The van der Waals surface area contributed by atoms with Crippen molar-refractivity contribution in [2.45, 2.75) is 45.1 Å². The Bertz CT molecular complexity index is 538. The summed E-state index contributed by atoms with van der Waals surface area (Å²) >= 11 is 0. The molecule has 1 fully saturated rings. The molecule has 21 heavy (non-hydrogen) atoms. The van der Waals surface area contributed by atoms with Gasteiger partial charge in [0.15, 0.2) is 0 Å². The van der Waals surface area contributed by atoms with Gasteiger partial charge in [0.1, 0.15) is 11.3 Å². The summed E-state index contributed by atoms with van der Waals surface area (Å²) < 4.78 is 0. The molecule has 1 aromatic carbocycles. The topological polar surface area (TPSA) is 92.5 Å². The second kappa shape index (κ2) is 6.56. The third kappa shape index (κ3) is 3.51. The Kier molecular flexibility index (Phi) is 4.77. The standard InChI is InChI=1S/C15H20N2O4/c1-10(11-6-3-2-4-7-11)16-13-9-5-8-12(15(18)19)14(13)17(20)21/h5,8-11,16H,2-4,6-7H2,1H3,(H,18,19). The lowest BCUT2D eigenvalue weighted by atomic mass is 9.84. The highest BCUT2D eigenvalue weighted by molar-refractivity contribution is 5.95. The molecule has 0 radical (unpaired) electrons. The van der Waals surface area contributed by atoms with E-state index in [0.717, 1.165) is 12.8 Å². The summed E-state index contributed by atoms with van der Waals surface area (Å²) in [4.78, 5) is 21.7. The summed E-state index contributed by atoms with van der Waals surface area (Å²) in [5.41, 5.74) is -0.341. The molecule has 0 heterocycles. The molecule has 1 aromatic rings. The van der Waals surface area contributed by atoms with Gasteiger partial charge in [-0.1, -0.05) is 25.3 Å². The number of carbonyl (C=O) groups is 1. The van der Waals surface area contributed by atoms with E-state index in [-0.39, 0.29) is 23.0 Å². The van der Waals surface area contributed by atoms with Crippen molar-refractivity contribution in [3.05, 3.63) is 33.9 Å². The van der Waals surface area contributed by atoms with Crippen LogP contribution in [0.1, 0.15) is 49.4 Å². The van der Waals surface area contributed by atoms with Crippen LogP contribution in [0.3, 0.4) is 0 Å². The predicted molar refractivity (Wildman–Crippen MR) is 79.7 cm³/mol. The first-order valence-corrected chi connectivity index (χ1v) is 7.28. The van der Waals surface area contributed by atoms with Crippen LogP contribution < -0.4 is 5.32 Å². The van der Waals surface area contributed by atoms with E-state index in [0.29, 0.717) is 5.92 Å². The largest absolute Gasteiger partial charge is 0.477 e. The van der Waals surface area contributed by atoms with Crippen molar-refractivity contribution in [3.63, 3.8) is 0 Å². The number of rotatable bonds is 5. The fourth-order valence-corrected chi connectivity index (χ4v) is 3.03. The first kappa shape index (κ1) is 15.3. The van der Waals surface area contributed by atoms with E-state index in [4.69, 9.17) is 5.11 Å². The van der Waals surface area contributed by atoms with E-state index in [1.165, 1.54) is 31.4 Å². The van der Waals surface area contributed by atoms with Crippen LogP contribution in [0.4, 0.5) is 11.4 Å². The number of hydrogen-bond acceptors (Lipinski definition) is 4. The molecule has 114 valence electrons. The van der Waals surface area contributed by atoms with Gasteiger partial charge in [-0.05, 0) is 37.8 Å². The van der Waals surface area contributed by atoms with Gasteiger partial charge in [-0.25, -0.2) is 4.79 Å². The van der Waals surface area contributed by atoms with E-state index in [2.05, 4.69) is 5.32 Å². The molecule has 6 nitrogen and oxygen atoms in total. The molecule has 1 saturated carbocycles. The van der Waals surface area contributed by atoms with Gasteiger partial charge in [0.25, 0.3) is 0 Å². The summed E-state index contributed by atoms with van der Waals surface area (Å²) in [6.45, 7) is 2.01. The summed E-state index contributed by atoms with van der Waals surface area (Å²) in [5, 5.41) is 23.4. The summed E-state index contributed by atoms with van der Waals surface area (Å²) in [5.74, 6) is -0.803. The van der Waals surface area contributed by atoms with Gasteiger partial charge >= 0.3 is 11.7 Å². The molecule has 0 bridgehead atoms. The first-order chi connectivity index (χ1) is 10.0. The van der Waals surface area contributed by atoms with Crippen molar-refractivity contribution in [1.82, 2.24) is 0 Å². The minimum Gasteiger partial charge on any atom is -0.477 e. The molecule has 1 atom stereocenters. The van der Waals surface area contributed by atoms with E-state index < -0.39 is 10.9 Å². The molecular formula is C15H20N2O4. The lowest BCUT2D eigenvalue weighted by Gasteiger charge is -2.28.